The van der Waals surface area contributed by atoms with Gasteiger partial charge in [-0.1, -0.05) is 30.3 Å². The third kappa shape index (κ3) is 5.49. The Bertz CT molecular complexity index is 1400. The number of piperazine rings is 1. The van der Waals surface area contributed by atoms with Gasteiger partial charge in [0, 0.05) is 43.2 Å². The second kappa shape index (κ2) is 11.1. The van der Waals surface area contributed by atoms with Crippen molar-refractivity contribution in [2.45, 2.75) is 13.0 Å². The third-order valence-corrected chi connectivity index (χ3v) is 6.52. The van der Waals surface area contributed by atoms with Crippen molar-refractivity contribution < 1.29 is 19.0 Å². The lowest BCUT2D eigenvalue weighted by Gasteiger charge is -2.35. The lowest BCUT2D eigenvalue weighted by atomic mass is 10.1. The van der Waals surface area contributed by atoms with Crippen molar-refractivity contribution in [3.05, 3.63) is 77.9 Å². The van der Waals surface area contributed by atoms with Gasteiger partial charge in [0.05, 0.1) is 26.2 Å². The van der Waals surface area contributed by atoms with Crippen LogP contribution in [0.5, 0.6) is 17.2 Å². The fraction of sp³-hybridized carbons (Fsp3) is 0.276. The summed E-state index contributed by atoms with van der Waals surface area (Å²) in [6.45, 7) is 2.82. The Morgan fingerprint density at radius 3 is 2.42 bits per heavy atom. The molecule has 38 heavy (non-hydrogen) atoms. The highest BCUT2D eigenvalue weighted by Gasteiger charge is 2.24. The van der Waals surface area contributed by atoms with E-state index in [1.807, 2.05) is 46.2 Å². The molecule has 0 bridgehead atoms. The minimum absolute atomic E-state index is 0.0866. The monoisotopic (exact) mass is 511 g/mol. The van der Waals surface area contributed by atoms with Gasteiger partial charge >= 0.3 is 0 Å². The van der Waals surface area contributed by atoms with Gasteiger partial charge in [-0.25, -0.2) is 4.98 Å². The Hall–Kier alpha value is -4.71. The molecule has 0 spiro atoms. The first-order valence-electron chi connectivity index (χ1n) is 12.3. The predicted molar refractivity (Wildman–Crippen MR) is 144 cm³/mol. The van der Waals surface area contributed by atoms with E-state index in [0.717, 1.165) is 16.9 Å². The molecule has 3 aromatic carbocycles. The summed E-state index contributed by atoms with van der Waals surface area (Å²) in [6, 6.07) is 22.8. The van der Waals surface area contributed by atoms with Crippen LogP contribution in [0.1, 0.15) is 11.1 Å². The summed E-state index contributed by atoms with van der Waals surface area (Å²) in [6.07, 6.45) is 0.336. The minimum atomic E-state index is 0.0866. The summed E-state index contributed by atoms with van der Waals surface area (Å²) in [5.74, 6) is 2.89. The number of ether oxygens (including phenoxy) is 3. The number of aromatic nitrogens is 2. The largest absolute Gasteiger partial charge is 0.493 e. The summed E-state index contributed by atoms with van der Waals surface area (Å²) in [5, 5.41) is 0.702. The average molecular weight is 512 g/mol. The van der Waals surface area contributed by atoms with Crippen molar-refractivity contribution in [2.24, 2.45) is 0 Å². The Morgan fingerprint density at radius 2 is 1.74 bits per heavy atom. The number of amides is 1. The predicted octanol–water partition coefficient (Wildman–Crippen LogP) is 3.30. The molecule has 1 aliphatic rings. The van der Waals surface area contributed by atoms with Gasteiger partial charge in [-0.05, 0) is 35.9 Å². The van der Waals surface area contributed by atoms with Crippen LogP contribution in [0.2, 0.25) is 0 Å². The van der Waals surface area contributed by atoms with E-state index in [2.05, 4.69) is 17.1 Å². The van der Waals surface area contributed by atoms with Gasteiger partial charge in [-0.15, -0.1) is 0 Å². The minimum Gasteiger partial charge on any atom is -0.493 e. The Morgan fingerprint density at radius 1 is 1.00 bits per heavy atom. The van der Waals surface area contributed by atoms with Crippen molar-refractivity contribution in [1.29, 1.82) is 0 Å². The molecule has 1 fully saturated rings. The highest BCUT2D eigenvalue weighted by atomic mass is 16.5. The number of hydrogen-bond donors (Lipinski definition) is 1. The summed E-state index contributed by atoms with van der Waals surface area (Å²) in [4.78, 5) is 26.1. The fourth-order valence-electron chi connectivity index (χ4n) is 4.39. The third-order valence-electron chi connectivity index (χ3n) is 6.52. The molecule has 0 saturated carbocycles. The number of rotatable bonds is 8. The number of methoxy groups -OCH3 is 2. The molecule has 194 valence electrons. The molecule has 5 rings (SSSR count). The molecule has 9 heteroatoms. The molecule has 0 unspecified atom stereocenters. The maximum Gasteiger partial charge on any atom is 0.228 e. The fourth-order valence-corrected chi connectivity index (χ4v) is 4.39. The lowest BCUT2D eigenvalue weighted by Crippen LogP contribution is -2.49. The average Bonchev–Trinajstić information content (AvgIpc) is 2.96. The molecule has 0 radical (unpaired) electrons. The van der Waals surface area contributed by atoms with E-state index >= 15 is 0 Å². The molecule has 4 aromatic rings. The molecule has 1 saturated heterocycles. The zero-order chi connectivity index (χ0) is 26.5. The topological polar surface area (TPSA) is 103 Å². The van der Waals surface area contributed by atoms with Crippen molar-refractivity contribution in [3.63, 3.8) is 0 Å². The molecular weight excluding hydrogens is 482 g/mol. The van der Waals surface area contributed by atoms with Crippen LogP contribution in [0.15, 0.2) is 54.6 Å². The molecule has 9 nitrogen and oxygen atoms in total. The number of anilines is 2. The molecule has 1 amide bonds. The standard InChI is InChI=1S/C29H29N5O4/c1-36-25-17-23-24(18-26(25)37-2)31-29(32-28(23)30)34-14-12-33(13-15-34)27(35)16-20-8-10-22(11-9-20)38-19-21-6-4-3-5-7-21/h3-4,6,8-11,17-18H,12-16,19H2,1-2H3,(H2,30,31,32). The Labute approximate surface area is 221 Å². The van der Waals surface area contributed by atoms with Crippen LogP contribution in [0.4, 0.5) is 11.8 Å². The number of benzene rings is 2. The van der Waals surface area contributed by atoms with Crippen LogP contribution in [-0.2, 0) is 17.8 Å². The summed E-state index contributed by atoms with van der Waals surface area (Å²) in [5.41, 5.74) is 8.80. The first-order valence-corrected chi connectivity index (χ1v) is 12.3. The number of nitrogens with zero attached hydrogens (tertiary/aromatic N) is 4. The van der Waals surface area contributed by atoms with Crippen LogP contribution in [0, 0.1) is 12.1 Å². The lowest BCUT2D eigenvalue weighted by molar-refractivity contribution is -0.130. The van der Waals surface area contributed by atoms with Crippen molar-refractivity contribution in [1.82, 2.24) is 14.9 Å². The smallest absolute Gasteiger partial charge is 0.228 e. The van der Waals surface area contributed by atoms with Crippen molar-refractivity contribution in [3.8, 4) is 17.2 Å². The van der Waals surface area contributed by atoms with Gasteiger partial charge in [0.25, 0.3) is 0 Å². The quantitative estimate of drug-likeness (QED) is 0.384. The van der Waals surface area contributed by atoms with Gasteiger partial charge < -0.3 is 29.7 Å². The Balaban J connectivity index is 1.17. The highest BCUT2D eigenvalue weighted by Crippen LogP contribution is 2.34. The molecule has 1 aromatic heterocycles. The van der Waals surface area contributed by atoms with E-state index < -0.39 is 0 Å². The van der Waals surface area contributed by atoms with Crippen LogP contribution < -0.4 is 24.8 Å². The van der Waals surface area contributed by atoms with Crippen LogP contribution in [0.25, 0.3) is 10.9 Å². The molecule has 0 atom stereocenters. The molecule has 0 aliphatic carbocycles. The zero-order valence-corrected chi connectivity index (χ0v) is 21.4. The first-order chi connectivity index (χ1) is 18.5. The number of carbonyl (C=O) groups excluding carboxylic acids is 1. The van der Waals surface area contributed by atoms with Gasteiger partial charge in [-0.2, -0.15) is 4.98 Å². The Kier molecular flexibility index (Phi) is 7.31. The van der Waals surface area contributed by atoms with E-state index in [4.69, 9.17) is 24.9 Å². The van der Waals surface area contributed by atoms with Crippen LogP contribution in [-0.4, -0.2) is 61.2 Å². The van der Waals surface area contributed by atoms with Gasteiger partial charge in [0.15, 0.2) is 11.5 Å². The summed E-state index contributed by atoms with van der Waals surface area (Å²) < 4.78 is 16.6. The van der Waals surface area contributed by atoms with E-state index in [1.54, 1.807) is 32.4 Å². The van der Waals surface area contributed by atoms with E-state index in [-0.39, 0.29) is 5.91 Å². The van der Waals surface area contributed by atoms with E-state index in [1.165, 1.54) is 0 Å². The van der Waals surface area contributed by atoms with Crippen LogP contribution in [0.3, 0.4) is 0 Å². The first kappa shape index (κ1) is 25.0. The second-order valence-corrected chi connectivity index (χ2v) is 8.93. The van der Waals surface area contributed by atoms with Gasteiger partial charge in [-0.3, -0.25) is 4.79 Å². The number of nitrogens with two attached hydrogens (primary N) is 1. The maximum atomic E-state index is 13.0. The maximum absolute atomic E-state index is 13.0. The summed E-state index contributed by atoms with van der Waals surface area (Å²) in [7, 11) is 3.15. The zero-order valence-electron chi connectivity index (χ0n) is 21.4. The molecule has 2 N–H and O–H groups in total. The summed E-state index contributed by atoms with van der Waals surface area (Å²) >= 11 is 0. The van der Waals surface area contributed by atoms with E-state index in [0.29, 0.717) is 73.4 Å². The second-order valence-electron chi connectivity index (χ2n) is 8.93. The van der Waals surface area contributed by atoms with Crippen LogP contribution >= 0.6 is 0 Å². The van der Waals surface area contributed by atoms with Crippen molar-refractivity contribution >= 4 is 28.6 Å². The molecule has 1 aliphatic heterocycles. The van der Waals surface area contributed by atoms with Crippen molar-refractivity contribution in [2.75, 3.05) is 51.0 Å². The van der Waals surface area contributed by atoms with E-state index in [9.17, 15) is 4.79 Å². The number of hydrogen-bond acceptors (Lipinski definition) is 8. The SMILES string of the molecule is COc1cc2nc(N3CCN(C(=O)Cc4ccc(OCc5c#cccc5)cc4)CC3)nc(N)c2cc1OC. The number of carbonyl (C=O) groups is 1. The number of fused-ring (bicyclic) bond motifs is 1. The van der Waals surface area contributed by atoms with Gasteiger partial charge in [0.1, 0.15) is 18.2 Å². The molecule has 2 heterocycles. The molecular formula is C29H29N5O4. The highest BCUT2D eigenvalue weighted by molar-refractivity contribution is 5.91. The number of nitrogen functional groups attached to an aromatic ring is 1. The van der Waals surface area contributed by atoms with Gasteiger partial charge in [0.2, 0.25) is 11.9 Å². The normalized spacial score (nSPS) is 13.2.